The summed E-state index contributed by atoms with van der Waals surface area (Å²) in [6, 6.07) is 0. The Hall–Kier alpha value is 0.469. The van der Waals surface area contributed by atoms with Crippen molar-refractivity contribution in [2.24, 2.45) is 0 Å². The van der Waals surface area contributed by atoms with Crippen LogP contribution in [-0.4, -0.2) is 11.6 Å². The number of rotatable bonds is 0. The Balaban J connectivity index is -0.00000000333. The van der Waals surface area contributed by atoms with E-state index in [1.807, 2.05) is 0 Å². The summed E-state index contributed by atoms with van der Waals surface area (Å²) in [5.41, 5.74) is 0. The topological polar surface area (TPSA) is 101 Å². The van der Waals surface area contributed by atoms with Gasteiger partial charge < -0.3 is 11.6 Å². The van der Waals surface area contributed by atoms with Crippen LogP contribution in [0.1, 0.15) is 0 Å². The molecule has 0 amide bonds. The van der Waals surface area contributed by atoms with E-state index in [1.165, 1.54) is 0 Å². The maximum Gasteiger partial charge on any atom is 0.373 e. The van der Waals surface area contributed by atoms with Gasteiger partial charge in [0.15, 0.2) is 0 Å². The Morgan fingerprint density at radius 3 is 1.14 bits per heavy atom. The number of hydrogen-bond acceptors (Lipinski definition) is 3. The maximum absolute atomic E-state index is 8.12. The fraction of sp³-hybridized carbons (Fsp3) is 0. The summed E-state index contributed by atoms with van der Waals surface area (Å²) in [4.78, 5) is 16.2. The first-order valence-corrected chi connectivity index (χ1v) is 0.408. The Kier molecular flexibility index (Phi) is 657. The molecule has 0 aliphatic heterocycles. The Bertz CT molecular complexity index is 35.9. The third-order valence-corrected chi connectivity index (χ3v) is 0. The van der Waals surface area contributed by atoms with Gasteiger partial charge in [-0.25, -0.2) is 0 Å². The molecular formula is CH5ArHeNO3. The van der Waals surface area contributed by atoms with Crippen LogP contribution < -0.4 is 6.15 Å². The van der Waals surface area contributed by atoms with Gasteiger partial charge in [-0.05, 0) is 0 Å². The zero-order chi connectivity index (χ0) is 2.71. The average molecular weight is 123 g/mol. The molecule has 0 saturated heterocycles. The molecule has 0 unspecified atom stereocenters. The zero-order valence-electron chi connectivity index (χ0n) is 3.58. The van der Waals surface area contributed by atoms with E-state index in [1.54, 1.807) is 0 Å². The molecule has 0 heterocycles. The van der Waals surface area contributed by atoms with Crippen LogP contribution >= 0.6 is 0 Å². The summed E-state index contributed by atoms with van der Waals surface area (Å²) >= 11 is 0. The van der Waals surface area contributed by atoms with Gasteiger partial charge in [0, 0.05) is 43.9 Å². The maximum atomic E-state index is 8.12. The second-order valence-corrected chi connectivity index (χ2v) is 0.0833. The number of hydrogen-bond donors (Lipinski definition) is 1. The van der Waals surface area contributed by atoms with Gasteiger partial charge in [0.1, 0.15) is 0 Å². The first-order valence-electron chi connectivity index (χ1n) is 0.408. The van der Waals surface area contributed by atoms with Crippen LogP contribution in [-0.2, 0) is 9.59 Å². The predicted molar refractivity (Wildman–Crippen MR) is 13.6 cm³/mol. The van der Waals surface area contributed by atoms with E-state index in [0.29, 0.717) is 0 Å². The van der Waals surface area contributed by atoms with E-state index in [4.69, 9.17) is 9.59 Å². The quantitative estimate of drug-likeness (QED) is 0.435. The summed E-state index contributed by atoms with van der Waals surface area (Å²) in [6.45, 7) is 0. The minimum absolute atomic E-state index is 0. The minimum atomic E-state index is 0. The molecule has 0 aliphatic carbocycles. The fourth-order valence-corrected chi connectivity index (χ4v) is 0. The van der Waals surface area contributed by atoms with Crippen molar-refractivity contribution in [2.75, 3.05) is 0 Å². The van der Waals surface area contributed by atoms with E-state index < -0.39 is 0 Å². The molecule has 0 saturated carbocycles. The molecule has 0 bridgehead atoms. The standard InChI is InChI=1S/CO2.Ar.He.H3N.H2O/c2-1-3;;;;/h;;;1H3;1H2. The van der Waals surface area contributed by atoms with Crippen LogP contribution in [0.15, 0.2) is 0 Å². The van der Waals surface area contributed by atoms with Gasteiger partial charge in [-0.2, -0.15) is 9.59 Å². The van der Waals surface area contributed by atoms with Crippen LogP contribution in [0.25, 0.3) is 0 Å². The first kappa shape index (κ1) is 51.3. The molecule has 0 rings (SSSR count). The van der Waals surface area contributed by atoms with Gasteiger partial charge in [-0.3, -0.25) is 0 Å². The Morgan fingerprint density at radius 1 is 1.14 bits per heavy atom. The van der Waals surface area contributed by atoms with Crippen molar-refractivity contribution in [3.63, 3.8) is 0 Å². The zero-order valence-corrected chi connectivity index (χ0v) is 4.29. The molecule has 6 heteroatoms. The third-order valence-electron chi connectivity index (χ3n) is 0. The second-order valence-electron chi connectivity index (χ2n) is 0.0833. The van der Waals surface area contributed by atoms with E-state index in [0.717, 1.165) is 0 Å². The van der Waals surface area contributed by atoms with Gasteiger partial charge in [0.05, 0.1) is 0 Å². The van der Waals surface area contributed by atoms with Crippen molar-refractivity contribution < 1.29 is 59.0 Å². The molecule has 0 aromatic carbocycles. The van der Waals surface area contributed by atoms with Crippen LogP contribution in [0.5, 0.6) is 0 Å². The fourth-order valence-electron chi connectivity index (χ4n) is 0. The summed E-state index contributed by atoms with van der Waals surface area (Å²) in [6.07, 6.45) is 0.250. The van der Waals surface area contributed by atoms with E-state index in [9.17, 15) is 0 Å². The minimum Gasteiger partial charge on any atom is -0.412 e. The molecule has 42 valence electrons. The molecule has 0 radical (unpaired) electrons. The third kappa shape index (κ3) is 588. The molecule has 0 atom stereocenters. The van der Waals surface area contributed by atoms with Crippen molar-refractivity contribution in [1.29, 1.82) is 0 Å². The van der Waals surface area contributed by atoms with Crippen LogP contribution in [0.2, 0.25) is 0 Å². The molecule has 0 spiro atoms. The number of carbonyl (C=O) groups excluding carboxylic acids is 2. The molecule has 4 nitrogen and oxygen atoms in total. The van der Waals surface area contributed by atoms with Crippen LogP contribution in [0.4, 0.5) is 0 Å². The van der Waals surface area contributed by atoms with Gasteiger partial charge in [0.2, 0.25) is 0 Å². The largest absolute Gasteiger partial charge is 0.412 e. The van der Waals surface area contributed by atoms with Gasteiger partial charge in [-0.1, -0.05) is 0 Å². The molecule has 0 aromatic rings. The SMILES string of the molecule is N.O.O=C=O.[Ar].[He]. The van der Waals surface area contributed by atoms with Gasteiger partial charge >= 0.3 is 6.15 Å². The first-order chi connectivity index (χ1) is 1.41. The summed E-state index contributed by atoms with van der Waals surface area (Å²) in [5.74, 6) is 0. The predicted octanol–water partition coefficient (Wildman–Crippen LogP) is -1.25. The monoisotopic (exact) mass is 123 g/mol. The molecular weight excluding hydrogens is 118 g/mol. The normalized spacial score (nSPS) is 1.14. The van der Waals surface area contributed by atoms with Crippen molar-refractivity contribution >= 4 is 6.15 Å². The van der Waals surface area contributed by atoms with E-state index in [-0.39, 0.29) is 61.7 Å². The molecule has 0 fully saturated rings. The molecule has 0 aromatic heterocycles. The molecule has 5 N–H and O–H groups in total. The Morgan fingerprint density at radius 2 is 1.14 bits per heavy atom. The van der Waals surface area contributed by atoms with E-state index in [2.05, 4.69) is 0 Å². The van der Waals surface area contributed by atoms with Crippen molar-refractivity contribution in [2.45, 2.75) is 0 Å². The second kappa shape index (κ2) is 89.7. The van der Waals surface area contributed by atoms with Gasteiger partial charge in [-0.15, -0.1) is 0 Å². The average Bonchev–Trinajstić information content (AvgIpc) is 0.918. The summed E-state index contributed by atoms with van der Waals surface area (Å²) < 4.78 is 0. The summed E-state index contributed by atoms with van der Waals surface area (Å²) in [5, 5.41) is 0. The van der Waals surface area contributed by atoms with Crippen LogP contribution in [0, 0.1) is 43.9 Å². The van der Waals surface area contributed by atoms with Crippen molar-refractivity contribution in [3.8, 4) is 0 Å². The summed E-state index contributed by atoms with van der Waals surface area (Å²) in [7, 11) is 0. The Labute approximate surface area is 70.9 Å². The van der Waals surface area contributed by atoms with E-state index >= 15 is 0 Å². The van der Waals surface area contributed by atoms with Gasteiger partial charge in [0.25, 0.3) is 0 Å². The van der Waals surface area contributed by atoms with Crippen LogP contribution in [0.3, 0.4) is 0 Å². The smallest absolute Gasteiger partial charge is 0.373 e. The van der Waals surface area contributed by atoms with Crippen molar-refractivity contribution in [3.05, 3.63) is 0 Å². The van der Waals surface area contributed by atoms with Crippen molar-refractivity contribution in [1.82, 2.24) is 6.15 Å². The molecule has 7 heavy (non-hydrogen) atoms. The molecule has 0 aliphatic rings.